The van der Waals surface area contributed by atoms with Gasteiger partial charge in [0.15, 0.2) is 0 Å². The molecule has 1 heterocycles. The lowest BCUT2D eigenvalue weighted by Crippen LogP contribution is -2.14. The number of nitrogen functional groups attached to an aromatic ring is 1. The number of hydrogen-bond acceptors (Lipinski definition) is 2. The molecule has 1 atom stereocenters. The third-order valence-corrected chi connectivity index (χ3v) is 3.77. The first-order valence-corrected chi connectivity index (χ1v) is 6.83. The molecule has 0 radical (unpaired) electrons. The highest BCUT2D eigenvalue weighted by Crippen LogP contribution is 2.27. The van der Waals surface area contributed by atoms with Crippen LogP contribution in [-0.4, -0.2) is 9.78 Å². The fraction of sp³-hybridized carbons (Fsp3) is 0.250. The van der Waals surface area contributed by atoms with E-state index < -0.39 is 0 Å². The van der Waals surface area contributed by atoms with Crippen LogP contribution in [0, 0.1) is 3.57 Å². The lowest BCUT2D eigenvalue weighted by Gasteiger charge is -2.17. The lowest BCUT2D eigenvalue weighted by atomic mass is 10.1. The highest BCUT2D eigenvalue weighted by atomic mass is 127. The maximum Gasteiger partial charge on any atom is 0.135 e. The van der Waals surface area contributed by atoms with Gasteiger partial charge < -0.3 is 5.73 Å². The average molecular weight is 362 g/mol. The van der Waals surface area contributed by atoms with E-state index in [0.29, 0.717) is 5.82 Å². The first-order chi connectivity index (χ1) is 8.13. The minimum Gasteiger partial charge on any atom is -0.383 e. The summed E-state index contributed by atoms with van der Waals surface area (Å²) < 4.78 is 2.83. The van der Waals surface area contributed by atoms with Crippen LogP contribution in [0.5, 0.6) is 0 Å². The fourth-order valence-corrected chi connectivity index (χ4v) is 2.43. The van der Waals surface area contributed by atoms with Gasteiger partial charge in [0.25, 0.3) is 0 Å². The molecule has 1 aromatic heterocycles. The van der Waals surface area contributed by atoms with E-state index in [9.17, 15) is 0 Å². The number of aromatic nitrogens is 2. The molecule has 3 nitrogen and oxygen atoms in total. The maximum atomic E-state index is 6.02. The van der Waals surface area contributed by atoms with Crippen LogP contribution < -0.4 is 5.73 Å². The minimum absolute atomic E-state index is 0.136. The second-order valence-corrected chi connectivity index (χ2v) is 5.40. The summed E-state index contributed by atoms with van der Waals surface area (Å²) in [5, 5.41) is 5.07. The number of nitrogens with two attached hydrogens (primary N) is 1. The first kappa shape index (κ1) is 12.7. The number of nitrogens with zero attached hydrogens (tertiary/aromatic N) is 2. The SMILES string of the molecule is CCC(c1cccc(Cl)c1)n1ncc(I)c1N. The molecule has 0 fully saturated rings. The Bertz CT molecular complexity index is 524. The molecule has 0 amide bonds. The van der Waals surface area contributed by atoms with Gasteiger partial charge >= 0.3 is 0 Å². The van der Waals surface area contributed by atoms with Crippen molar-refractivity contribution in [3.63, 3.8) is 0 Å². The smallest absolute Gasteiger partial charge is 0.135 e. The molecular formula is C12H13ClIN3. The molecule has 2 rings (SSSR count). The van der Waals surface area contributed by atoms with Crippen molar-refractivity contribution in [2.24, 2.45) is 0 Å². The minimum atomic E-state index is 0.136. The van der Waals surface area contributed by atoms with Crippen LogP contribution in [0.1, 0.15) is 24.9 Å². The molecule has 0 aliphatic carbocycles. The van der Waals surface area contributed by atoms with Gasteiger partial charge in [0, 0.05) is 5.02 Å². The third kappa shape index (κ3) is 2.57. The van der Waals surface area contributed by atoms with Gasteiger partial charge in [0.1, 0.15) is 5.82 Å². The van der Waals surface area contributed by atoms with Crippen molar-refractivity contribution in [1.29, 1.82) is 0 Å². The van der Waals surface area contributed by atoms with Gasteiger partial charge in [0.05, 0.1) is 15.8 Å². The Labute approximate surface area is 119 Å². The first-order valence-electron chi connectivity index (χ1n) is 5.37. The molecular weight excluding hydrogens is 349 g/mol. The van der Waals surface area contributed by atoms with Crippen LogP contribution >= 0.6 is 34.2 Å². The Morgan fingerprint density at radius 2 is 2.29 bits per heavy atom. The zero-order valence-electron chi connectivity index (χ0n) is 9.40. The Morgan fingerprint density at radius 3 is 2.82 bits per heavy atom. The Balaban J connectivity index is 2.44. The van der Waals surface area contributed by atoms with Gasteiger partial charge in [-0.1, -0.05) is 30.7 Å². The summed E-state index contributed by atoms with van der Waals surface area (Å²) in [6, 6.07) is 7.97. The number of halogens is 2. The molecule has 0 saturated carbocycles. The van der Waals surface area contributed by atoms with E-state index in [2.05, 4.69) is 34.6 Å². The largest absolute Gasteiger partial charge is 0.383 e. The van der Waals surface area contributed by atoms with E-state index in [4.69, 9.17) is 17.3 Å². The second kappa shape index (κ2) is 5.27. The molecule has 1 unspecified atom stereocenters. The van der Waals surface area contributed by atoms with E-state index in [1.807, 2.05) is 28.9 Å². The molecule has 5 heteroatoms. The summed E-state index contributed by atoms with van der Waals surface area (Å²) in [5.41, 5.74) is 7.15. The quantitative estimate of drug-likeness (QED) is 0.847. The molecule has 0 aliphatic heterocycles. The van der Waals surface area contributed by atoms with Gasteiger partial charge in [-0.3, -0.25) is 0 Å². The molecule has 0 spiro atoms. The summed E-state index contributed by atoms with van der Waals surface area (Å²) >= 11 is 8.20. The predicted molar refractivity (Wildman–Crippen MR) is 79.2 cm³/mol. The van der Waals surface area contributed by atoms with Crippen molar-refractivity contribution in [2.75, 3.05) is 5.73 Å². The van der Waals surface area contributed by atoms with E-state index in [0.717, 1.165) is 20.6 Å². The van der Waals surface area contributed by atoms with Crippen molar-refractivity contribution in [1.82, 2.24) is 9.78 Å². The summed E-state index contributed by atoms with van der Waals surface area (Å²) in [6.45, 7) is 2.11. The van der Waals surface area contributed by atoms with E-state index in [1.54, 1.807) is 6.20 Å². The summed E-state index contributed by atoms with van der Waals surface area (Å²) in [6.07, 6.45) is 2.70. The normalized spacial score (nSPS) is 12.6. The van der Waals surface area contributed by atoms with Gasteiger partial charge in [0.2, 0.25) is 0 Å². The van der Waals surface area contributed by atoms with Crippen molar-refractivity contribution in [2.45, 2.75) is 19.4 Å². The molecule has 17 heavy (non-hydrogen) atoms. The molecule has 0 bridgehead atoms. The third-order valence-electron chi connectivity index (χ3n) is 2.70. The Hall–Kier alpha value is -0.750. The highest BCUT2D eigenvalue weighted by Gasteiger charge is 2.16. The van der Waals surface area contributed by atoms with Gasteiger partial charge in [-0.25, -0.2) is 4.68 Å². The van der Waals surface area contributed by atoms with Crippen LogP contribution in [0.25, 0.3) is 0 Å². The average Bonchev–Trinajstić information content (AvgIpc) is 2.63. The monoisotopic (exact) mass is 361 g/mol. The second-order valence-electron chi connectivity index (χ2n) is 3.80. The summed E-state index contributed by atoms with van der Waals surface area (Å²) in [4.78, 5) is 0. The summed E-state index contributed by atoms with van der Waals surface area (Å²) in [5.74, 6) is 0.706. The van der Waals surface area contributed by atoms with Crippen LogP contribution in [0.4, 0.5) is 5.82 Å². The van der Waals surface area contributed by atoms with Crippen molar-refractivity contribution in [3.05, 3.63) is 44.6 Å². The highest BCUT2D eigenvalue weighted by molar-refractivity contribution is 14.1. The Kier molecular flexibility index (Phi) is 3.93. The lowest BCUT2D eigenvalue weighted by molar-refractivity contribution is 0.516. The predicted octanol–water partition coefficient (Wildman–Crippen LogP) is 3.72. The number of rotatable bonds is 3. The van der Waals surface area contributed by atoms with Gasteiger partial charge in [-0.15, -0.1) is 0 Å². The van der Waals surface area contributed by atoms with E-state index in [1.165, 1.54) is 0 Å². The zero-order valence-corrected chi connectivity index (χ0v) is 12.3. The van der Waals surface area contributed by atoms with Crippen LogP contribution in [0.3, 0.4) is 0 Å². The topological polar surface area (TPSA) is 43.8 Å². The maximum absolute atomic E-state index is 6.02. The van der Waals surface area contributed by atoms with Crippen molar-refractivity contribution < 1.29 is 0 Å². The van der Waals surface area contributed by atoms with Crippen LogP contribution in [0.15, 0.2) is 30.5 Å². The van der Waals surface area contributed by atoms with Gasteiger partial charge in [-0.2, -0.15) is 5.10 Å². The van der Waals surface area contributed by atoms with Gasteiger partial charge in [-0.05, 0) is 46.7 Å². The zero-order chi connectivity index (χ0) is 12.4. The van der Waals surface area contributed by atoms with E-state index in [-0.39, 0.29) is 6.04 Å². The molecule has 90 valence electrons. The number of benzene rings is 1. The van der Waals surface area contributed by atoms with Crippen molar-refractivity contribution in [3.8, 4) is 0 Å². The number of hydrogen-bond donors (Lipinski definition) is 1. The molecule has 0 aliphatic rings. The molecule has 2 N–H and O–H groups in total. The molecule has 0 saturated heterocycles. The molecule has 1 aromatic carbocycles. The van der Waals surface area contributed by atoms with Crippen LogP contribution in [-0.2, 0) is 0 Å². The fourth-order valence-electron chi connectivity index (χ4n) is 1.86. The Morgan fingerprint density at radius 1 is 1.53 bits per heavy atom. The number of anilines is 1. The molecule has 2 aromatic rings. The van der Waals surface area contributed by atoms with E-state index >= 15 is 0 Å². The van der Waals surface area contributed by atoms with Crippen LogP contribution in [0.2, 0.25) is 5.02 Å². The summed E-state index contributed by atoms with van der Waals surface area (Å²) in [7, 11) is 0. The standard InChI is InChI=1S/C12H13ClIN3/c1-2-11(8-4-3-5-9(13)6-8)17-12(15)10(14)7-16-17/h3-7,11H,2,15H2,1H3. The van der Waals surface area contributed by atoms with Crippen molar-refractivity contribution >= 4 is 40.0 Å².